The van der Waals surface area contributed by atoms with E-state index in [0.717, 1.165) is 16.7 Å². The number of aryl methyl sites for hydroxylation is 1. The third kappa shape index (κ3) is 2.66. The van der Waals surface area contributed by atoms with E-state index in [9.17, 15) is 0 Å². The molecule has 0 amide bonds. The highest BCUT2D eigenvalue weighted by atomic mass is 15.3. The lowest BCUT2D eigenvalue weighted by atomic mass is 10.2. The Hall–Kier alpha value is -2.69. The van der Waals surface area contributed by atoms with Crippen molar-refractivity contribution in [3.63, 3.8) is 0 Å². The van der Waals surface area contributed by atoms with Gasteiger partial charge in [-0.2, -0.15) is 5.10 Å². The van der Waals surface area contributed by atoms with E-state index >= 15 is 0 Å². The fourth-order valence-corrected chi connectivity index (χ4v) is 2.07. The summed E-state index contributed by atoms with van der Waals surface area (Å²) in [6, 6.07) is 9.65. The predicted octanol–water partition coefficient (Wildman–Crippen LogP) is 2.28. The summed E-state index contributed by atoms with van der Waals surface area (Å²) in [5.41, 5.74) is 9.65. The van der Waals surface area contributed by atoms with Crippen LogP contribution in [0.2, 0.25) is 0 Å². The Balaban J connectivity index is 1.84. The van der Waals surface area contributed by atoms with E-state index in [4.69, 9.17) is 5.73 Å². The van der Waals surface area contributed by atoms with Gasteiger partial charge in [0.2, 0.25) is 0 Å². The van der Waals surface area contributed by atoms with Crippen molar-refractivity contribution in [2.75, 3.05) is 5.73 Å². The van der Waals surface area contributed by atoms with Gasteiger partial charge in [0.1, 0.15) is 6.33 Å². The second kappa shape index (κ2) is 5.13. The summed E-state index contributed by atoms with van der Waals surface area (Å²) in [4.78, 5) is 8.50. The molecule has 0 radical (unpaired) electrons. The van der Waals surface area contributed by atoms with Crippen molar-refractivity contribution in [2.45, 2.75) is 13.5 Å². The van der Waals surface area contributed by atoms with Crippen LogP contribution < -0.4 is 5.73 Å². The molecule has 0 aliphatic heterocycles. The van der Waals surface area contributed by atoms with E-state index in [-0.39, 0.29) is 0 Å². The van der Waals surface area contributed by atoms with Crippen LogP contribution in [-0.4, -0.2) is 19.7 Å². The lowest BCUT2D eigenvalue weighted by molar-refractivity contribution is 0.684. The maximum atomic E-state index is 5.77. The smallest absolute Gasteiger partial charge is 0.181 e. The van der Waals surface area contributed by atoms with Gasteiger partial charge in [0.25, 0.3) is 0 Å². The summed E-state index contributed by atoms with van der Waals surface area (Å²) < 4.78 is 1.80. The van der Waals surface area contributed by atoms with Crippen LogP contribution in [0.25, 0.3) is 11.4 Å². The van der Waals surface area contributed by atoms with E-state index in [2.05, 4.69) is 21.1 Å². The summed E-state index contributed by atoms with van der Waals surface area (Å²) in [5.74, 6) is 0.679. The van der Waals surface area contributed by atoms with Crippen molar-refractivity contribution in [3.8, 4) is 11.4 Å². The highest BCUT2D eigenvalue weighted by molar-refractivity contribution is 5.60. The van der Waals surface area contributed by atoms with Gasteiger partial charge in [-0.3, -0.25) is 4.98 Å². The minimum absolute atomic E-state index is 0.657. The zero-order valence-corrected chi connectivity index (χ0v) is 11.2. The second-order valence-corrected chi connectivity index (χ2v) is 4.76. The van der Waals surface area contributed by atoms with Crippen molar-refractivity contribution in [3.05, 3.63) is 60.2 Å². The highest BCUT2D eigenvalue weighted by Gasteiger charge is 2.05. The number of hydrogen-bond acceptors (Lipinski definition) is 4. The molecular formula is C15H15N5. The third-order valence-corrected chi connectivity index (χ3v) is 2.96. The Morgan fingerprint density at radius 3 is 2.90 bits per heavy atom. The largest absolute Gasteiger partial charge is 0.399 e. The van der Waals surface area contributed by atoms with Crippen LogP contribution >= 0.6 is 0 Å². The quantitative estimate of drug-likeness (QED) is 0.738. The molecule has 0 atom stereocenters. The lowest BCUT2D eigenvalue weighted by Gasteiger charge is -2.01. The monoisotopic (exact) mass is 265 g/mol. The molecule has 3 rings (SSSR count). The van der Waals surface area contributed by atoms with Crippen LogP contribution in [0.5, 0.6) is 0 Å². The molecule has 100 valence electrons. The first-order chi connectivity index (χ1) is 9.70. The standard InChI is InChI=1S/C15H15N5/c1-11-5-12(8-17-7-11)9-20-10-18-15(19-20)13-3-2-4-14(16)6-13/h2-8,10H,9,16H2,1H3. The van der Waals surface area contributed by atoms with Crippen LogP contribution in [0.1, 0.15) is 11.1 Å². The average Bonchev–Trinajstić information content (AvgIpc) is 2.87. The van der Waals surface area contributed by atoms with Crippen molar-refractivity contribution in [1.82, 2.24) is 19.7 Å². The van der Waals surface area contributed by atoms with Gasteiger partial charge in [0, 0.05) is 23.6 Å². The molecule has 0 saturated carbocycles. The predicted molar refractivity (Wildman–Crippen MR) is 77.9 cm³/mol. The van der Waals surface area contributed by atoms with E-state index in [1.165, 1.54) is 0 Å². The van der Waals surface area contributed by atoms with Crippen LogP contribution in [0.15, 0.2) is 49.1 Å². The van der Waals surface area contributed by atoms with Crippen molar-refractivity contribution in [2.24, 2.45) is 0 Å². The number of benzene rings is 1. The number of nitrogens with two attached hydrogens (primary N) is 1. The Morgan fingerprint density at radius 1 is 1.20 bits per heavy atom. The Bertz CT molecular complexity index is 732. The second-order valence-electron chi connectivity index (χ2n) is 4.76. The molecular weight excluding hydrogens is 250 g/mol. The number of anilines is 1. The first-order valence-electron chi connectivity index (χ1n) is 6.36. The molecule has 0 fully saturated rings. The first kappa shape index (κ1) is 12.3. The number of pyridine rings is 1. The Labute approximate surface area is 117 Å². The van der Waals surface area contributed by atoms with Gasteiger partial charge >= 0.3 is 0 Å². The fraction of sp³-hybridized carbons (Fsp3) is 0.133. The molecule has 5 heteroatoms. The topological polar surface area (TPSA) is 69.6 Å². The van der Waals surface area contributed by atoms with E-state index in [0.29, 0.717) is 18.1 Å². The molecule has 0 aliphatic rings. The molecule has 2 heterocycles. The summed E-state index contributed by atoms with van der Waals surface area (Å²) in [5, 5.41) is 4.47. The summed E-state index contributed by atoms with van der Waals surface area (Å²) in [6.45, 7) is 2.68. The van der Waals surface area contributed by atoms with Crippen molar-refractivity contribution < 1.29 is 0 Å². The van der Waals surface area contributed by atoms with Gasteiger partial charge < -0.3 is 5.73 Å². The maximum absolute atomic E-state index is 5.77. The lowest BCUT2D eigenvalue weighted by Crippen LogP contribution is -2.01. The molecule has 5 nitrogen and oxygen atoms in total. The number of nitrogens with zero attached hydrogens (tertiary/aromatic N) is 4. The van der Waals surface area contributed by atoms with E-state index in [1.54, 1.807) is 11.0 Å². The van der Waals surface area contributed by atoms with Crippen molar-refractivity contribution >= 4 is 5.69 Å². The number of nitrogen functional groups attached to an aromatic ring is 1. The maximum Gasteiger partial charge on any atom is 0.181 e. The van der Waals surface area contributed by atoms with Crippen LogP contribution in [0.4, 0.5) is 5.69 Å². The third-order valence-electron chi connectivity index (χ3n) is 2.96. The molecule has 0 saturated heterocycles. The summed E-state index contributed by atoms with van der Waals surface area (Å²) >= 11 is 0. The normalized spacial score (nSPS) is 10.7. The minimum Gasteiger partial charge on any atom is -0.399 e. The highest BCUT2D eigenvalue weighted by Crippen LogP contribution is 2.17. The van der Waals surface area contributed by atoms with Crippen LogP contribution in [-0.2, 0) is 6.54 Å². The Morgan fingerprint density at radius 2 is 2.10 bits per heavy atom. The van der Waals surface area contributed by atoms with E-state index in [1.807, 2.05) is 43.6 Å². The minimum atomic E-state index is 0.657. The Kier molecular flexibility index (Phi) is 3.16. The fourth-order valence-electron chi connectivity index (χ4n) is 2.07. The molecule has 0 bridgehead atoms. The van der Waals surface area contributed by atoms with Crippen molar-refractivity contribution in [1.29, 1.82) is 0 Å². The number of aromatic nitrogens is 4. The first-order valence-corrected chi connectivity index (χ1v) is 6.36. The van der Waals surface area contributed by atoms with Gasteiger partial charge in [-0.25, -0.2) is 9.67 Å². The molecule has 2 aromatic heterocycles. The van der Waals surface area contributed by atoms with Crippen LogP contribution in [0.3, 0.4) is 0 Å². The molecule has 0 unspecified atom stereocenters. The average molecular weight is 265 g/mol. The summed E-state index contributed by atoms with van der Waals surface area (Å²) in [6.07, 6.45) is 5.40. The zero-order chi connectivity index (χ0) is 13.9. The summed E-state index contributed by atoms with van der Waals surface area (Å²) in [7, 11) is 0. The number of rotatable bonds is 3. The SMILES string of the molecule is Cc1cncc(Cn2cnc(-c3cccc(N)c3)n2)c1. The molecule has 0 aliphatic carbocycles. The zero-order valence-electron chi connectivity index (χ0n) is 11.2. The molecule has 1 aromatic carbocycles. The molecule has 3 aromatic rings. The van der Waals surface area contributed by atoms with Gasteiger partial charge in [0.05, 0.1) is 6.54 Å². The van der Waals surface area contributed by atoms with Gasteiger partial charge in [-0.05, 0) is 30.2 Å². The van der Waals surface area contributed by atoms with Crippen LogP contribution in [0, 0.1) is 6.92 Å². The van der Waals surface area contributed by atoms with Gasteiger partial charge in [-0.1, -0.05) is 18.2 Å². The van der Waals surface area contributed by atoms with E-state index < -0.39 is 0 Å². The molecule has 0 spiro atoms. The number of hydrogen-bond donors (Lipinski definition) is 1. The van der Waals surface area contributed by atoms with Gasteiger partial charge in [0.15, 0.2) is 5.82 Å². The van der Waals surface area contributed by atoms with Gasteiger partial charge in [-0.15, -0.1) is 0 Å². The molecule has 2 N–H and O–H groups in total. The molecule has 20 heavy (non-hydrogen) atoms.